The summed E-state index contributed by atoms with van der Waals surface area (Å²) in [5.41, 5.74) is 17.3. The first-order valence-electron chi connectivity index (χ1n) is 10.5. The van der Waals surface area contributed by atoms with Crippen LogP contribution in [0, 0.1) is 0 Å². The summed E-state index contributed by atoms with van der Waals surface area (Å²) >= 11 is 0. The fourth-order valence-electron chi connectivity index (χ4n) is 5.11. The average Bonchev–Trinajstić information content (AvgIpc) is 3.36. The fourth-order valence-corrected chi connectivity index (χ4v) is 5.11. The van der Waals surface area contributed by atoms with Crippen molar-refractivity contribution in [3.8, 4) is 0 Å². The third kappa shape index (κ3) is 2.82. The minimum atomic E-state index is 0.332. The molecule has 29 heavy (non-hydrogen) atoms. The number of aromatic nitrogens is 2. The number of hydrazine groups is 1. The van der Waals surface area contributed by atoms with Gasteiger partial charge in [0.2, 0.25) is 0 Å². The minimum Gasteiger partial charge on any atom is -0.381 e. The molecule has 3 heterocycles. The van der Waals surface area contributed by atoms with Crippen molar-refractivity contribution < 1.29 is 0 Å². The van der Waals surface area contributed by atoms with Gasteiger partial charge in [-0.15, -0.1) is 0 Å². The lowest BCUT2D eigenvalue weighted by Gasteiger charge is -2.38. The number of hydrogen-bond acceptors (Lipinski definition) is 5. The number of hydrogen-bond donors (Lipinski definition) is 4. The summed E-state index contributed by atoms with van der Waals surface area (Å²) < 4.78 is 0. The van der Waals surface area contributed by atoms with Crippen LogP contribution < -0.4 is 21.1 Å². The highest BCUT2D eigenvalue weighted by atomic mass is 15.4. The van der Waals surface area contributed by atoms with E-state index in [1.54, 1.807) is 0 Å². The highest BCUT2D eigenvalue weighted by Gasteiger charge is 2.29. The lowest BCUT2D eigenvalue weighted by atomic mass is 9.93. The van der Waals surface area contributed by atoms with E-state index in [-0.39, 0.29) is 0 Å². The molecule has 2 unspecified atom stereocenters. The molecule has 0 saturated carbocycles. The monoisotopic (exact) mass is 386 g/mol. The van der Waals surface area contributed by atoms with Crippen LogP contribution in [0.25, 0.3) is 0 Å². The van der Waals surface area contributed by atoms with Gasteiger partial charge < -0.3 is 10.2 Å². The Labute approximate surface area is 170 Å². The largest absolute Gasteiger partial charge is 0.381 e. The molecule has 3 aliphatic rings. The SMILES string of the molecule is CN1c2cc(C3Cc4cn[nH]c4C3)ccc2NCC1c1ccc2c(c1)CNNC2. The molecule has 4 N–H and O–H groups in total. The van der Waals surface area contributed by atoms with E-state index in [0.717, 1.165) is 32.5 Å². The molecular formula is C23H26N6. The molecule has 2 atom stereocenters. The Hall–Kier alpha value is -2.83. The van der Waals surface area contributed by atoms with Crippen molar-refractivity contribution in [2.75, 3.05) is 23.8 Å². The van der Waals surface area contributed by atoms with Crippen LogP contribution in [0.5, 0.6) is 0 Å². The summed E-state index contributed by atoms with van der Waals surface area (Å²) in [7, 11) is 2.23. The summed E-state index contributed by atoms with van der Waals surface area (Å²) in [6.45, 7) is 2.69. The zero-order chi connectivity index (χ0) is 19.4. The first-order valence-corrected chi connectivity index (χ1v) is 10.5. The molecular weight excluding hydrogens is 360 g/mol. The predicted octanol–water partition coefficient (Wildman–Crippen LogP) is 3.00. The Morgan fingerprint density at radius 1 is 0.931 bits per heavy atom. The number of likely N-dealkylation sites (N-methyl/N-ethyl adjacent to an activating group) is 1. The van der Waals surface area contributed by atoms with Crippen molar-refractivity contribution in [2.24, 2.45) is 0 Å². The van der Waals surface area contributed by atoms with Crippen molar-refractivity contribution in [1.82, 2.24) is 21.0 Å². The van der Waals surface area contributed by atoms with Crippen molar-refractivity contribution in [3.05, 3.63) is 76.1 Å². The van der Waals surface area contributed by atoms with Gasteiger partial charge in [0.05, 0.1) is 23.6 Å². The highest BCUT2D eigenvalue weighted by Crippen LogP contribution is 2.41. The Kier molecular flexibility index (Phi) is 3.89. The molecule has 3 aromatic rings. The maximum atomic E-state index is 4.18. The van der Waals surface area contributed by atoms with E-state index in [0.29, 0.717) is 12.0 Å². The first kappa shape index (κ1) is 17.1. The van der Waals surface area contributed by atoms with Gasteiger partial charge in [-0.1, -0.05) is 24.3 Å². The van der Waals surface area contributed by atoms with E-state index in [2.05, 4.69) is 74.7 Å². The maximum Gasteiger partial charge on any atom is 0.0712 e. The van der Waals surface area contributed by atoms with Gasteiger partial charge >= 0.3 is 0 Å². The van der Waals surface area contributed by atoms with Crippen LogP contribution in [0.4, 0.5) is 11.4 Å². The van der Waals surface area contributed by atoms with Gasteiger partial charge in [0, 0.05) is 32.4 Å². The number of H-pyrrole nitrogens is 1. The number of nitrogens with zero attached hydrogens (tertiary/aromatic N) is 2. The van der Waals surface area contributed by atoms with Crippen LogP contribution in [0.3, 0.4) is 0 Å². The molecule has 0 spiro atoms. The maximum absolute atomic E-state index is 4.18. The summed E-state index contributed by atoms with van der Waals surface area (Å²) in [5.74, 6) is 0.542. The average molecular weight is 387 g/mol. The Balaban J connectivity index is 1.29. The third-order valence-electron chi connectivity index (χ3n) is 6.85. The van der Waals surface area contributed by atoms with Crippen molar-refractivity contribution in [3.63, 3.8) is 0 Å². The van der Waals surface area contributed by atoms with E-state index < -0.39 is 0 Å². The first-order chi connectivity index (χ1) is 14.3. The van der Waals surface area contributed by atoms with Gasteiger partial charge in [0.1, 0.15) is 0 Å². The number of nitrogens with one attached hydrogen (secondary N) is 4. The van der Waals surface area contributed by atoms with Crippen LogP contribution in [-0.2, 0) is 25.9 Å². The van der Waals surface area contributed by atoms with Gasteiger partial charge in [-0.05, 0) is 58.7 Å². The van der Waals surface area contributed by atoms with E-state index in [1.807, 2.05) is 6.20 Å². The number of anilines is 2. The second kappa shape index (κ2) is 6.61. The Morgan fingerprint density at radius 3 is 2.69 bits per heavy atom. The van der Waals surface area contributed by atoms with Gasteiger partial charge in [-0.25, -0.2) is 0 Å². The Morgan fingerprint density at radius 2 is 1.79 bits per heavy atom. The highest BCUT2D eigenvalue weighted by molar-refractivity contribution is 5.74. The summed E-state index contributed by atoms with van der Waals surface area (Å²) in [6, 6.07) is 14.2. The van der Waals surface area contributed by atoms with E-state index >= 15 is 0 Å². The van der Waals surface area contributed by atoms with Crippen LogP contribution >= 0.6 is 0 Å². The molecule has 2 aromatic carbocycles. The van der Waals surface area contributed by atoms with Crippen LogP contribution in [0.1, 0.15) is 45.5 Å². The molecule has 6 rings (SSSR count). The van der Waals surface area contributed by atoms with Crippen molar-refractivity contribution in [1.29, 1.82) is 0 Å². The topological polar surface area (TPSA) is 68.0 Å². The van der Waals surface area contributed by atoms with Crippen molar-refractivity contribution >= 4 is 11.4 Å². The quantitative estimate of drug-likeness (QED) is 0.545. The molecule has 6 nitrogen and oxygen atoms in total. The van der Waals surface area contributed by atoms with Crippen LogP contribution in [-0.4, -0.2) is 23.8 Å². The second-order valence-corrected chi connectivity index (χ2v) is 8.50. The van der Waals surface area contributed by atoms with Crippen molar-refractivity contribution in [2.45, 2.75) is 37.9 Å². The molecule has 6 heteroatoms. The molecule has 0 saturated heterocycles. The third-order valence-corrected chi connectivity index (χ3v) is 6.85. The number of rotatable bonds is 2. The zero-order valence-electron chi connectivity index (χ0n) is 16.6. The summed E-state index contributed by atoms with van der Waals surface area (Å²) in [5, 5.41) is 11.0. The number of fused-ring (bicyclic) bond motifs is 3. The standard InChI is InChI=1S/C23H26N6/c1-29-22-9-14(17-7-19-12-27-28-21(19)8-17)4-5-20(22)24-13-23(29)15-2-3-16-10-25-26-11-18(16)6-15/h2-6,9,12,17,23-26H,7-8,10-11,13H2,1H3,(H,27,28). The van der Waals surface area contributed by atoms with Gasteiger partial charge in [-0.3, -0.25) is 16.0 Å². The lowest BCUT2D eigenvalue weighted by Crippen LogP contribution is -2.37. The number of aromatic amines is 1. The van der Waals surface area contributed by atoms with E-state index in [4.69, 9.17) is 0 Å². The molecule has 0 radical (unpaired) electrons. The fraction of sp³-hybridized carbons (Fsp3) is 0.348. The van der Waals surface area contributed by atoms with Gasteiger partial charge in [0.15, 0.2) is 0 Å². The molecule has 0 amide bonds. The van der Waals surface area contributed by atoms with Crippen LogP contribution in [0.2, 0.25) is 0 Å². The summed E-state index contributed by atoms with van der Waals surface area (Å²) in [6.07, 6.45) is 4.12. The minimum absolute atomic E-state index is 0.332. The predicted molar refractivity (Wildman–Crippen MR) is 115 cm³/mol. The van der Waals surface area contributed by atoms with Gasteiger partial charge in [-0.2, -0.15) is 5.10 Å². The van der Waals surface area contributed by atoms with E-state index in [9.17, 15) is 0 Å². The normalized spacial score (nSPS) is 22.6. The zero-order valence-corrected chi connectivity index (χ0v) is 16.6. The smallest absolute Gasteiger partial charge is 0.0712 e. The lowest BCUT2D eigenvalue weighted by molar-refractivity contribution is 0.495. The molecule has 2 aliphatic heterocycles. The molecule has 148 valence electrons. The molecule has 0 fully saturated rings. The van der Waals surface area contributed by atoms with E-state index in [1.165, 1.54) is 44.9 Å². The molecule has 0 bridgehead atoms. The van der Waals surface area contributed by atoms with Crippen LogP contribution in [0.15, 0.2) is 42.6 Å². The van der Waals surface area contributed by atoms with Gasteiger partial charge in [0.25, 0.3) is 0 Å². The molecule has 1 aromatic heterocycles. The Bertz CT molecular complexity index is 1050. The second-order valence-electron chi connectivity index (χ2n) is 8.50. The number of benzene rings is 2. The molecule has 1 aliphatic carbocycles. The summed E-state index contributed by atoms with van der Waals surface area (Å²) in [4.78, 5) is 2.45.